The zero-order chi connectivity index (χ0) is 15.8. The summed E-state index contributed by atoms with van der Waals surface area (Å²) in [5.41, 5.74) is 2.50. The summed E-state index contributed by atoms with van der Waals surface area (Å²) in [6.45, 7) is 0.0496. The lowest BCUT2D eigenvalue weighted by Gasteiger charge is -1.98. The van der Waals surface area contributed by atoms with E-state index in [4.69, 9.17) is 14.6 Å². The minimum absolute atomic E-state index is 0.00154. The summed E-state index contributed by atoms with van der Waals surface area (Å²) in [4.78, 5) is 7.84. The van der Waals surface area contributed by atoms with E-state index < -0.39 is 0 Å². The van der Waals surface area contributed by atoms with E-state index in [1.54, 1.807) is 31.1 Å². The first-order valence-corrected chi connectivity index (χ1v) is 7.31. The molecule has 0 aliphatic carbocycles. The van der Waals surface area contributed by atoms with Gasteiger partial charge in [-0.3, -0.25) is 9.97 Å². The van der Waals surface area contributed by atoms with Crippen molar-refractivity contribution in [3.8, 4) is 11.3 Å². The van der Waals surface area contributed by atoms with E-state index >= 15 is 0 Å². The summed E-state index contributed by atoms with van der Waals surface area (Å²) in [5.74, 6) is 0.766. The van der Waals surface area contributed by atoms with E-state index in [0.717, 1.165) is 26.9 Å². The van der Waals surface area contributed by atoms with Crippen LogP contribution in [0, 0.1) is 0 Å². The fraction of sp³-hybridized carbons (Fsp3) is 0.125. The van der Waals surface area contributed by atoms with Crippen LogP contribution < -0.4 is 0 Å². The first-order chi connectivity index (χ1) is 10.7. The van der Waals surface area contributed by atoms with E-state index in [1.165, 1.54) is 0 Å². The van der Waals surface area contributed by atoms with Crippen LogP contribution in [0.4, 0.5) is 0 Å². The molecule has 6 heteroatoms. The highest BCUT2D eigenvalue weighted by molar-refractivity contribution is 9.10. The fourth-order valence-electron chi connectivity index (χ4n) is 1.69. The smallest absolute Gasteiger partial charge is 0.135 e. The maximum absolute atomic E-state index is 8.89. The molecule has 0 bridgehead atoms. The Hall–Kier alpha value is -2.02. The summed E-state index contributed by atoms with van der Waals surface area (Å²) >= 11 is 3.23. The lowest BCUT2D eigenvalue weighted by molar-refractivity contribution is 0.281. The Morgan fingerprint density at radius 2 is 1.64 bits per heavy atom. The molecule has 0 atom stereocenters. The predicted octanol–water partition coefficient (Wildman–Crippen LogP) is 3.17. The number of halogens is 1. The van der Waals surface area contributed by atoms with Crippen LogP contribution in [0.25, 0.3) is 11.3 Å². The molecule has 0 spiro atoms. The molecule has 0 aromatic carbocycles. The van der Waals surface area contributed by atoms with Crippen molar-refractivity contribution in [1.29, 1.82) is 0 Å². The van der Waals surface area contributed by atoms with Crippen molar-refractivity contribution >= 4 is 15.9 Å². The number of aromatic nitrogens is 2. The van der Waals surface area contributed by atoms with Gasteiger partial charge in [0.25, 0.3) is 0 Å². The summed E-state index contributed by atoms with van der Waals surface area (Å²) in [7, 11) is 0. The third-order valence-corrected chi connectivity index (χ3v) is 3.16. The average molecular weight is 363 g/mol. The number of aliphatic hydroxyl groups excluding tert-OH is 2. The second-order valence-corrected chi connectivity index (χ2v) is 5.30. The second kappa shape index (κ2) is 8.43. The molecular formula is C16H15BrN2O3. The Morgan fingerprint density at radius 1 is 0.955 bits per heavy atom. The second-order valence-electron chi connectivity index (χ2n) is 4.39. The van der Waals surface area contributed by atoms with E-state index in [-0.39, 0.29) is 13.2 Å². The highest BCUT2D eigenvalue weighted by Crippen LogP contribution is 2.19. The van der Waals surface area contributed by atoms with Crippen molar-refractivity contribution in [1.82, 2.24) is 9.97 Å². The predicted molar refractivity (Wildman–Crippen MR) is 85.7 cm³/mol. The molecule has 3 heterocycles. The molecule has 0 unspecified atom stereocenters. The lowest BCUT2D eigenvalue weighted by atomic mass is 10.2. The molecule has 3 rings (SSSR count). The molecule has 22 heavy (non-hydrogen) atoms. The van der Waals surface area contributed by atoms with Gasteiger partial charge in [-0.25, -0.2) is 0 Å². The Bertz CT molecular complexity index is 702. The Labute approximate surface area is 136 Å². The van der Waals surface area contributed by atoms with Crippen LogP contribution in [0.5, 0.6) is 0 Å². The van der Waals surface area contributed by atoms with Crippen molar-refractivity contribution in [2.24, 2.45) is 0 Å². The molecule has 0 aliphatic rings. The van der Waals surface area contributed by atoms with Gasteiger partial charge in [-0.05, 0) is 51.3 Å². The number of hydrogen-bond donors (Lipinski definition) is 2. The SMILES string of the molecule is OCc1cncc(-c2ccco2)c1.OCc1cncc(Br)c1. The topological polar surface area (TPSA) is 79.4 Å². The van der Waals surface area contributed by atoms with Gasteiger partial charge in [-0.15, -0.1) is 0 Å². The van der Waals surface area contributed by atoms with Crippen LogP contribution in [-0.2, 0) is 13.2 Å². The maximum atomic E-state index is 8.89. The van der Waals surface area contributed by atoms with Gasteiger partial charge in [0.15, 0.2) is 0 Å². The molecule has 0 amide bonds. The lowest BCUT2D eigenvalue weighted by Crippen LogP contribution is -1.85. The highest BCUT2D eigenvalue weighted by atomic mass is 79.9. The summed E-state index contributed by atoms with van der Waals surface area (Å²) in [6.07, 6.45) is 8.26. The quantitative estimate of drug-likeness (QED) is 0.747. The largest absolute Gasteiger partial charge is 0.464 e. The van der Waals surface area contributed by atoms with Crippen molar-refractivity contribution in [3.05, 3.63) is 70.9 Å². The average Bonchev–Trinajstić information content (AvgIpc) is 3.10. The van der Waals surface area contributed by atoms with Crippen molar-refractivity contribution < 1.29 is 14.6 Å². The van der Waals surface area contributed by atoms with Crippen LogP contribution in [0.1, 0.15) is 11.1 Å². The number of pyridine rings is 2. The third-order valence-electron chi connectivity index (χ3n) is 2.73. The van der Waals surface area contributed by atoms with Gasteiger partial charge < -0.3 is 14.6 Å². The molecular weight excluding hydrogens is 348 g/mol. The molecule has 2 N–H and O–H groups in total. The van der Waals surface area contributed by atoms with Crippen molar-refractivity contribution in [2.45, 2.75) is 13.2 Å². The van der Waals surface area contributed by atoms with E-state index in [9.17, 15) is 0 Å². The number of hydrogen-bond acceptors (Lipinski definition) is 5. The normalized spacial score (nSPS) is 9.95. The number of furan rings is 1. The number of nitrogens with zero attached hydrogens (tertiary/aromatic N) is 2. The Balaban J connectivity index is 0.000000172. The summed E-state index contributed by atoms with van der Waals surface area (Å²) in [5, 5.41) is 17.5. The van der Waals surface area contributed by atoms with E-state index in [0.29, 0.717) is 0 Å². The Morgan fingerprint density at radius 3 is 2.18 bits per heavy atom. The molecule has 3 aromatic heterocycles. The van der Waals surface area contributed by atoms with Crippen LogP contribution in [-0.4, -0.2) is 20.2 Å². The zero-order valence-electron chi connectivity index (χ0n) is 11.7. The van der Waals surface area contributed by atoms with Gasteiger partial charge in [-0.2, -0.15) is 0 Å². The van der Waals surface area contributed by atoms with Gasteiger partial charge in [0, 0.05) is 34.8 Å². The molecule has 0 saturated heterocycles. The first-order valence-electron chi connectivity index (χ1n) is 6.52. The molecule has 0 fully saturated rings. The minimum Gasteiger partial charge on any atom is -0.464 e. The summed E-state index contributed by atoms with van der Waals surface area (Å²) < 4.78 is 6.09. The monoisotopic (exact) mass is 362 g/mol. The molecule has 0 saturated carbocycles. The molecule has 0 radical (unpaired) electrons. The maximum Gasteiger partial charge on any atom is 0.135 e. The molecule has 5 nitrogen and oxygen atoms in total. The molecule has 3 aromatic rings. The first kappa shape index (κ1) is 16.4. The van der Waals surface area contributed by atoms with Crippen molar-refractivity contribution in [3.63, 3.8) is 0 Å². The standard InChI is InChI=1S/C10H9NO2.C6H6BrNO/c12-7-8-4-9(6-11-5-8)10-2-1-3-13-10;7-6-1-5(4-9)2-8-3-6/h1-6,12H,7H2;1-3,9H,4H2. The molecule has 114 valence electrons. The van der Waals surface area contributed by atoms with Crippen molar-refractivity contribution in [2.75, 3.05) is 0 Å². The summed E-state index contributed by atoms with van der Waals surface area (Å²) in [6, 6.07) is 7.36. The van der Waals surface area contributed by atoms with Crippen LogP contribution in [0.2, 0.25) is 0 Å². The molecule has 0 aliphatic heterocycles. The number of rotatable bonds is 3. The van der Waals surface area contributed by atoms with Gasteiger partial charge >= 0.3 is 0 Å². The van der Waals surface area contributed by atoms with Crippen LogP contribution in [0.15, 0.2) is 64.2 Å². The number of aliphatic hydroxyl groups is 2. The third kappa shape index (κ3) is 4.77. The zero-order valence-corrected chi connectivity index (χ0v) is 13.3. The van der Waals surface area contributed by atoms with Gasteiger partial charge in [0.1, 0.15) is 5.76 Å². The minimum atomic E-state index is 0.00154. The van der Waals surface area contributed by atoms with E-state index in [1.807, 2.05) is 24.3 Å². The van der Waals surface area contributed by atoms with Crippen LogP contribution in [0.3, 0.4) is 0 Å². The Kier molecular flexibility index (Phi) is 6.27. The van der Waals surface area contributed by atoms with Gasteiger partial charge in [0.05, 0.1) is 19.5 Å². The van der Waals surface area contributed by atoms with Crippen LogP contribution >= 0.6 is 15.9 Å². The van der Waals surface area contributed by atoms with Gasteiger partial charge in [0.2, 0.25) is 0 Å². The van der Waals surface area contributed by atoms with Gasteiger partial charge in [-0.1, -0.05) is 0 Å². The fourth-order valence-corrected chi connectivity index (χ4v) is 2.11. The highest BCUT2D eigenvalue weighted by Gasteiger charge is 2.01. The van der Waals surface area contributed by atoms with E-state index in [2.05, 4.69) is 25.9 Å².